The van der Waals surface area contributed by atoms with E-state index >= 15 is 0 Å². The van der Waals surface area contributed by atoms with Gasteiger partial charge in [-0.2, -0.15) is 0 Å². The monoisotopic (exact) mass is 178 g/mol. The van der Waals surface area contributed by atoms with E-state index in [4.69, 9.17) is 5.11 Å². The van der Waals surface area contributed by atoms with Crippen LogP contribution in [0.3, 0.4) is 0 Å². The van der Waals surface area contributed by atoms with Crippen molar-refractivity contribution in [2.75, 3.05) is 0 Å². The van der Waals surface area contributed by atoms with E-state index in [9.17, 15) is 4.79 Å². The maximum absolute atomic E-state index is 10.1. The number of rotatable bonds is 1. The number of alkyl halides is 1. The summed E-state index contributed by atoms with van der Waals surface area (Å²) in [6, 6.07) is 0. The van der Waals surface area contributed by atoms with Gasteiger partial charge in [-0.1, -0.05) is 15.9 Å². The SMILES string of the molecule is C[C@@]1(Br)C[C@H]1C(=O)O. The van der Waals surface area contributed by atoms with E-state index in [0.29, 0.717) is 0 Å². The zero-order valence-corrected chi connectivity index (χ0v) is 6.10. The van der Waals surface area contributed by atoms with Gasteiger partial charge in [-0.15, -0.1) is 0 Å². The molecule has 46 valence electrons. The van der Waals surface area contributed by atoms with Gasteiger partial charge in [0.05, 0.1) is 5.92 Å². The summed E-state index contributed by atoms with van der Waals surface area (Å²) in [5.74, 6) is -0.841. The molecular weight excluding hydrogens is 172 g/mol. The van der Waals surface area contributed by atoms with E-state index in [-0.39, 0.29) is 10.2 Å². The zero-order chi connectivity index (χ0) is 6.36. The molecule has 8 heavy (non-hydrogen) atoms. The summed E-state index contributed by atoms with van der Waals surface area (Å²) in [5, 5.41) is 8.36. The Kier molecular flexibility index (Phi) is 1.11. The van der Waals surface area contributed by atoms with Gasteiger partial charge in [0, 0.05) is 4.32 Å². The summed E-state index contributed by atoms with van der Waals surface area (Å²) in [4.78, 5) is 10.1. The lowest BCUT2D eigenvalue weighted by Gasteiger charge is -1.92. The molecule has 0 aromatic carbocycles. The minimum atomic E-state index is -0.690. The number of hydrogen-bond acceptors (Lipinski definition) is 1. The van der Waals surface area contributed by atoms with E-state index < -0.39 is 5.97 Å². The standard InChI is InChI=1S/C5H7BrO2/c1-5(6)2-3(5)4(7)8/h3H,2H2,1H3,(H,7,8)/t3-,5+/m0/s1. The fourth-order valence-corrected chi connectivity index (χ4v) is 1.20. The smallest absolute Gasteiger partial charge is 0.307 e. The summed E-state index contributed by atoms with van der Waals surface area (Å²) in [7, 11) is 0. The molecule has 1 saturated carbocycles. The van der Waals surface area contributed by atoms with Crippen molar-refractivity contribution < 1.29 is 9.90 Å². The largest absolute Gasteiger partial charge is 0.481 e. The van der Waals surface area contributed by atoms with E-state index in [1.165, 1.54) is 0 Å². The first-order chi connectivity index (χ1) is 3.54. The van der Waals surface area contributed by atoms with Gasteiger partial charge in [-0.3, -0.25) is 4.79 Å². The number of halogens is 1. The molecule has 0 aliphatic heterocycles. The Morgan fingerprint density at radius 3 is 2.38 bits per heavy atom. The number of carboxylic acids is 1. The molecule has 0 radical (unpaired) electrons. The van der Waals surface area contributed by atoms with Crippen molar-refractivity contribution in [3.63, 3.8) is 0 Å². The Morgan fingerprint density at radius 2 is 2.38 bits per heavy atom. The highest BCUT2D eigenvalue weighted by atomic mass is 79.9. The summed E-state index contributed by atoms with van der Waals surface area (Å²) in [6.07, 6.45) is 0.766. The van der Waals surface area contributed by atoms with E-state index in [0.717, 1.165) is 6.42 Å². The summed E-state index contributed by atoms with van der Waals surface area (Å²) in [6.45, 7) is 1.89. The van der Waals surface area contributed by atoms with Gasteiger partial charge >= 0.3 is 5.97 Å². The van der Waals surface area contributed by atoms with Crippen LogP contribution in [0, 0.1) is 5.92 Å². The lowest BCUT2D eigenvalue weighted by atomic mass is 10.3. The van der Waals surface area contributed by atoms with E-state index in [1.54, 1.807) is 0 Å². The van der Waals surface area contributed by atoms with Crippen molar-refractivity contribution >= 4 is 21.9 Å². The minimum Gasteiger partial charge on any atom is -0.481 e. The molecule has 1 rings (SSSR count). The molecular formula is C5H7BrO2. The van der Waals surface area contributed by atoms with Gasteiger partial charge in [0.15, 0.2) is 0 Å². The van der Waals surface area contributed by atoms with Crippen LogP contribution in [0.4, 0.5) is 0 Å². The second-order valence-corrected chi connectivity index (χ2v) is 4.18. The average Bonchev–Trinajstić information content (AvgIpc) is 2.13. The molecule has 2 atom stereocenters. The summed E-state index contributed by atoms with van der Waals surface area (Å²) >= 11 is 3.27. The Morgan fingerprint density at radius 1 is 2.00 bits per heavy atom. The van der Waals surface area contributed by atoms with Gasteiger partial charge in [0.2, 0.25) is 0 Å². The van der Waals surface area contributed by atoms with Crippen LogP contribution in [0.25, 0.3) is 0 Å². The number of carbonyl (C=O) groups is 1. The maximum Gasteiger partial charge on any atom is 0.307 e. The maximum atomic E-state index is 10.1. The zero-order valence-electron chi connectivity index (χ0n) is 4.52. The van der Waals surface area contributed by atoms with Gasteiger partial charge in [0.25, 0.3) is 0 Å². The van der Waals surface area contributed by atoms with Crippen molar-refractivity contribution in [3.8, 4) is 0 Å². The van der Waals surface area contributed by atoms with Crippen molar-refractivity contribution in [2.45, 2.75) is 17.7 Å². The van der Waals surface area contributed by atoms with E-state index in [2.05, 4.69) is 15.9 Å². The first-order valence-corrected chi connectivity index (χ1v) is 3.25. The number of hydrogen-bond donors (Lipinski definition) is 1. The molecule has 0 heterocycles. The van der Waals surface area contributed by atoms with Gasteiger partial charge in [0.1, 0.15) is 0 Å². The molecule has 1 aliphatic rings. The average molecular weight is 179 g/mol. The Bertz CT molecular complexity index is 130. The molecule has 0 aromatic rings. The first-order valence-electron chi connectivity index (χ1n) is 2.46. The lowest BCUT2D eigenvalue weighted by Crippen LogP contribution is -2.04. The van der Waals surface area contributed by atoms with Crippen LogP contribution >= 0.6 is 15.9 Å². The predicted molar refractivity (Wildman–Crippen MR) is 33.1 cm³/mol. The van der Waals surface area contributed by atoms with Crippen molar-refractivity contribution in [2.24, 2.45) is 5.92 Å². The van der Waals surface area contributed by atoms with Crippen LogP contribution in [0.15, 0.2) is 0 Å². The highest BCUT2D eigenvalue weighted by Crippen LogP contribution is 2.50. The molecule has 0 bridgehead atoms. The predicted octanol–water partition coefficient (Wildman–Crippen LogP) is 1.24. The molecule has 1 N–H and O–H groups in total. The Balaban J connectivity index is 2.48. The molecule has 3 heteroatoms. The minimum absolute atomic E-state index is 0.0984. The topological polar surface area (TPSA) is 37.3 Å². The summed E-state index contributed by atoms with van der Waals surface area (Å²) < 4.78 is -0.0984. The normalized spacial score (nSPS) is 44.0. The third-order valence-corrected chi connectivity index (χ3v) is 2.34. The first kappa shape index (κ1) is 6.08. The fourth-order valence-electron chi connectivity index (χ4n) is 0.685. The molecule has 2 nitrogen and oxygen atoms in total. The Hall–Kier alpha value is -0.0500. The quantitative estimate of drug-likeness (QED) is 0.615. The highest BCUT2D eigenvalue weighted by Gasteiger charge is 2.53. The highest BCUT2D eigenvalue weighted by molar-refractivity contribution is 9.10. The third kappa shape index (κ3) is 0.869. The van der Waals surface area contributed by atoms with Crippen molar-refractivity contribution in [1.82, 2.24) is 0 Å². The van der Waals surface area contributed by atoms with E-state index in [1.807, 2.05) is 6.92 Å². The van der Waals surface area contributed by atoms with Crippen LogP contribution in [-0.4, -0.2) is 15.4 Å². The molecule has 0 spiro atoms. The van der Waals surface area contributed by atoms with Gasteiger partial charge in [-0.05, 0) is 13.3 Å². The molecule has 0 saturated heterocycles. The fraction of sp³-hybridized carbons (Fsp3) is 0.800. The molecule has 0 unspecified atom stereocenters. The van der Waals surface area contributed by atoms with Gasteiger partial charge in [-0.25, -0.2) is 0 Å². The van der Waals surface area contributed by atoms with Crippen LogP contribution in [0.1, 0.15) is 13.3 Å². The van der Waals surface area contributed by atoms with Crippen LogP contribution in [-0.2, 0) is 4.79 Å². The molecule has 1 fully saturated rings. The van der Waals surface area contributed by atoms with Crippen LogP contribution < -0.4 is 0 Å². The van der Waals surface area contributed by atoms with Gasteiger partial charge < -0.3 is 5.11 Å². The molecule has 1 aliphatic carbocycles. The van der Waals surface area contributed by atoms with Crippen LogP contribution in [0.2, 0.25) is 0 Å². The molecule has 0 amide bonds. The lowest BCUT2D eigenvalue weighted by molar-refractivity contribution is -0.138. The Labute approximate surface area is 56.0 Å². The third-order valence-electron chi connectivity index (χ3n) is 1.47. The van der Waals surface area contributed by atoms with Crippen molar-refractivity contribution in [3.05, 3.63) is 0 Å². The second-order valence-electron chi connectivity index (χ2n) is 2.37. The number of carboxylic acid groups (broad SMARTS) is 1. The van der Waals surface area contributed by atoms with Crippen LogP contribution in [0.5, 0.6) is 0 Å². The molecule has 0 aromatic heterocycles. The van der Waals surface area contributed by atoms with Crippen molar-refractivity contribution in [1.29, 1.82) is 0 Å². The number of aliphatic carboxylic acids is 1. The summed E-state index contributed by atoms with van der Waals surface area (Å²) in [5.41, 5.74) is 0. The second kappa shape index (κ2) is 1.47.